The lowest BCUT2D eigenvalue weighted by Crippen LogP contribution is -2.44. The molecule has 0 amide bonds. The van der Waals surface area contributed by atoms with Gasteiger partial charge in [-0.15, -0.1) is 0 Å². The average molecular weight is 284 g/mol. The number of aromatic nitrogens is 1. The van der Waals surface area contributed by atoms with E-state index < -0.39 is 5.97 Å². The van der Waals surface area contributed by atoms with Gasteiger partial charge in [-0.1, -0.05) is 24.3 Å². The summed E-state index contributed by atoms with van der Waals surface area (Å²) in [7, 11) is 0. The van der Waals surface area contributed by atoms with E-state index in [-0.39, 0.29) is 5.69 Å². The number of rotatable bonds is 2. The Morgan fingerprint density at radius 1 is 1.24 bits per heavy atom. The highest BCUT2D eigenvalue weighted by molar-refractivity contribution is 5.98. The second kappa shape index (κ2) is 5.35. The van der Waals surface area contributed by atoms with Crippen molar-refractivity contribution in [1.82, 2.24) is 4.98 Å². The number of carbonyl (C=O) groups is 1. The van der Waals surface area contributed by atoms with Crippen molar-refractivity contribution in [1.29, 1.82) is 0 Å². The molecule has 0 saturated carbocycles. The smallest absolute Gasteiger partial charge is 0.354 e. The summed E-state index contributed by atoms with van der Waals surface area (Å²) in [5, 5.41) is 11.3. The zero-order chi connectivity index (χ0) is 15.0. The number of carboxylic acids is 1. The van der Waals surface area contributed by atoms with Crippen molar-refractivity contribution in [2.75, 3.05) is 4.90 Å². The Hall–Kier alpha value is -2.10. The summed E-state index contributed by atoms with van der Waals surface area (Å²) in [4.78, 5) is 18.1. The highest BCUT2D eigenvalue weighted by Crippen LogP contribution is 2.33. The molecule has 1 aliphatic rings. The summed E-state index contributed by atoms with van der Waals surface area (Å²) in [5.41, 5.74) is 0.119. The standard InChI is InChI=1S/C17H20N2O2/c1-11-6-5-7-12(2)19(11)16-14-9-4-3-8-13(14)10-15(18-16)17(20)21/h3-4,8-12H,5-7H2,1-2H3,(H,20,21). The average Bonchev–Trinajstić information content (AvgIpc) is 2.46. The summed E-state index contributed by atoms with van der Waals surface area (Å²) >= 11 is 0. The number of hydrogen-bond acceptors (Lipinski definition) is 3. The van der Waals surface area contributed by atoms with Gasteiger partial charge in [-0.05, 0) is 44.6 Å². The number of aromatic carboxylic acids is 1. The Bertz CT molecular complexity index is 674. The van der Waals surface area contributed by atoms with Crippen molar-refractivity contribution in [2.45, 2.75) is 45.2 Å². The number of pyridine rings is 1. The lowest BCUT2D eigenvalue weighted by Gasteiger charge is -2.40. The molecule has 1 N–H and O–H groups in total. The molecule has 0 radical (unpaired) electrons. The van der Waals surface area contributed by atoms with Gasteiger partial charge in [-0.2, -0.15) is 0 Å². The number of fused-ring (bicyclic) bond motifs is 1. The maximum atomic E-state index is 11.4. The van der Waals surface area contributed by atoms with Crippen molar-refractivity contribution in [2.24, 2.45) is 0 Å². The molecule has 4 heteroatoms. The molecule has 1 saturated heterocycles. The van der Waals surface area contributed by atoms with E-state index in [9.17, 15) is 9.90 Å². The molecule has 1 aromatic heterocycles. The Morgan fingerprint density at radius 2 is 1.90 bits per heavy atom. The maximum Gasteiger partial charge on any atom is 0.354 e. The van der Waals surface area contributed by atoms with E-state index in [4.69, 9.17) is 0 Å². The molecule has 110 valence electrons. The van der Waals surface area contributed by atoms with Crippen LogP contribution < -0.4 is 4.90 Å². The van der Waals surface area contributed by atoms with Gasteiger partial charge in [-0.3, -0.25) is 0 Å². The van der Waals surface area contributed by atoms with Gasteiger partial charge in [0.25, 0.3) is 0 Å². The largest absolute Gasteiger partial charge is 0.477 e. The first-order valence-electron chi connectivity index (χ1n) is 7.49. The fourth-order valence-electron chi connectivity index (χ4n) is 3.33. The monoisotopic (exact) mass is 284 g/mol. The van der Waals surface area contributed by atoms with E-state index in [0.29, 0.717) is 12.1 Å². The summed E-state index contributed by atoms with van der Waals surface area (Å²) in [6, 6.07) is 10.3. The van der Waals surface area contributed by atoms with Crippen LogP contribution >= 0.6 is 0 Å². The molecule has 2 unspecified atom stereocenters. The van der Waals surface area contributed by atoms with Gasteiger partial charge in [0.1, 0.15) is 5.82 Å². The van der Waals surface area contributed by atoms with E-state index >= 15 is 0 Å². The van der Waals surface area contributed by atoms with Crippen LogP contribution in [0.3, 0.4) is 0 Å². The van der Waals surface area contributed by atoms with Gasteiger partial charge >= 0.3 is 5.97 Å². The van der Waals surface area contributed by atoms with E-state index in [2.05, 4.69) is 23.7 Å². The summed E-state index contributed by atoms with van der Waals surface area (Å²) in [6.45, 7) is 4.39. The fourth-order valence-corrected chi connectivity index (χ4v) is 3.33. The topological polar surface area (TPSA) is 53.4 Å². The maximum absolute atomic E-state index is 11.4. The number of nitrogens with zero attached hydrogens (tertiary/aromatic N) is 2. The summed E-state index contributed by atoms with van der Waals surface area (Å²) in [5.74, 6) is -0.162. The molecule has 2 aromatic rings. The first-order chi connectivity index (χ1) is 10.1. The molecule has 2 atom stereocenters. The molecule has 1 aromatic carbocycles. The van der Waals surface area contributed by atoms with Crippen molar-refractivity contribution in [3.8, 4) is 0 Å². The third-order valence-electron chi connectivity index (χ3n) is 4.38. The quantitative estimate of drug-likeness (QED) is 0.913. The molecule has 1 aliphatic heterocycles. The van der Waals surface area contributed by atoms with Gasteiger partial charge in [0, 0.05) is 17.5 Å². The van der Waals surface area contributed by atoms with Crippen molar-refractivity contribution in [3.05, 3.63) is 36.0 Å². The van der Waals surface area contributed by atoms with Gasteiger partial charge in [0.2, 0.25) is 0 Å². The van der Waals surface area contributed by atoms with Crippen LogP contribution in [0.5, 0.6) is 0 Å². The number of benzene rings is 1. The molecule has 4 nitrogen and oxygen atoms in total. The summed E-state index contributed by atoms with van der Waals surface area (Å²) < 4.78 is 0. The molecular weight excluding hydrogens is 264 g/mol. The summed E-state index contributed by atoms with van der Waals surface area (Å²) in [6.07, 6.45) is 3.46. The third kappa shape index (κ3) is 2.46. The van der Waals surface area contributed by atoms with Crippen LogP contribution in [0, 0.1) is 0 Å². The fraction of sp³-hybridized carbons (Fsp3) is 0.412. The normalized spacial score (nSPS) is 22.5. The number of piperidine rings is 1. The minimum absolute atomic E-state index is 0.119. The molecule has 2 heterocycles. The molecule has 3 rings (SSSR count). The van der Waals surface area contributed by atoms with Gasteiger partial charge in [0.05, 0.1) is 0 Å². The number of hydrogen-bond donors (Lipinski definition) is 1. The molecule has 0 aliphatic carbocycles. The van der Waals surface area contributed by atoms with Gasteiger partial charge < -0.3 is 10.0 Å². The minimum Gasteiger partial charge on any atom is -0.477 e. The lowest BCUT2D eigenvalue weighted by molar-refractivity contribution is 0.0690. The van der Waals surface area contributed by atoms with Crippen LogP contribution in [0.15, 0.2) is 30.3 Å². The van der Waals surface area contributed by atoms with Crippen LogP contribution in [-0.4, -0.2) is 28.1 Å². The van der Waals surface area contributed by atoms with E-state index in [1.807, 2.05) is 24.3 Å². The van der Waals surface area contributed by atoms with Crippen molar-refractivity contribution in [3.63, 3.8) is 0 Å². The molecule has 21 heavy (non-hydrogen) atoms. The SMILES string of the molecule is CC1CCCC(C)N1c1nc(C(=O)O)cc2ccccc12. The van der Waals surface area contributed by atoms with Crippen LogP contribution in [-0.2, 0) is 0 Å². The van der Waals surface area contributed by atoms with Crippen molar-refractivity contribution >= 4 is 22.6 Å². The highest BCUT2D eigenvalue weighted by Gasteiger charge is 2.28. The number of carboxylic acid groups (broad SMARTS) is 1. The van der Waals surface area contributed by atoms with Gasteiger partial charge in [-0.25, -0.2) is 9.78 Å². The minimum atomic E-state index is -0.973. The highest BCUT2D eigenvalue weighted by atomic mass is 16.4. The molecule has 1 fully saturated rings. The second-order valence-electron chi connectivity index (χ2n) is 5.89. The van der Waals surface area contributed by atoms with Crippen LogP contribution in [0.1, 0.15) is 43.6 Å². The predicted molar refractivity (Wildman–Crippen MR) is 84.0 cm³/mol. The zero-order valence-corrected chi connectivity index (χ0v) is 12.4. The third-order valence-corrected chi connectivity index (χ3v) is 4.38. The van der Waals surface area contributed by atoms with Crippen LogP contribution in [0.25, 0.3) is 10.8 Å². The number of anilines is 1. The van der Waals surface area contributed by atoms with E-state index in [0.717, 1.165) is 29.4 Å². The predicted octanol–water partition coefficient (Wildman–Crippen LogP) is 3.70. The first kappa shape index (κ1) is 13.9. The molecular formula is C17H20N2O2. The Balaban J connectivity index is 2.21. The molecule has 0 spiro atoms. The van der Waals surface area contributed by atoms with Crippen LogP contribution in [0.2, 0.25) is 0 Å². The Morgan fingerprint density at radius 3 is 2.57 bits per heavy atom. The first-order valence-corrected chi connectivity index (χ1v) is 7.49. The Labute approximate surface area is 124 Å². The van der Waals surface area contributed by atoms with Crippen LogP contribution in [0.4, 0.5) is 5.82 Å². The second-order valence-corrected chi connectivity index (χ2v) is 5.89. The van der Waals surface area contributed by atoms with E-state index in [1.165, 1.54) is 6.42 Å². The Kier molecular flexibility index (Phi) is 3.53. The van der Waals surface area contributed by atoms with Gasteiger partial charge in [0.15, 0.2) is 5.69 Å². The molecule has 0 bridgehead atoms. The van der Waals surface area contributed by atoms with Crippen molar-refractivity contribution < 1.29 is 9.90 Å². The zero-order valence-electron chi connectivity index (χ0n) is 12.4. The lowest BCUT2D eigenvalue weighted by atomic mass is 9.96. The van der Waals surface area contributed by atoms with E-state index in [1.54, 1.807) is 6.07 Å².